The monoisotopic (exact) mass is 300 g/mol. The Kier molecular flexibility index (Phi) is 4.17. The molecule has 0 atom stereocenters. The van der Waals surface area contributed by atoms with Gasteiger partial charge in [0, 0.05) is 7.05 Å². The predicted molar refractivity (Wildman–Crippen MR) is 67.8 cm³/mol. The average Bonchev–Trinajstić information content (AvgIpc) is 2.37. The molecule has 1 N–H and O–H groups in total. The Labute approximate surface area is 116 Å². The number of carbonyl (C=O) groups is 1. The third-order valence-corrected chi connectivity index (χ3v) is 5.05. The van der Waals surface area contributed by atoms with Gasteiger partial charge in [-0.15, -0.1) is 0 Å². The molecule has 0 aliphatic rings. The smallest absolute Gasteiger partial charge is 0.324 e. The van der Waals surface area contributed by atoms with E-state index in [4.69, 9.17) is 10.4 Å². The summed E-state index contributed by atoms with van der Waals surface area (Å²) >= 11 is 0. The zero-order valence-electron chi connectivity index (χ0n) is 11.1. The quantitative estimate of drug-likeness (QED) is 0.900. The number of nitrogens with zero attached hydrogens (tertiary/aromatic N) is 2. The van der Waals surface area contributed by atoms with Crippen LogP contribution < -0.4 is 0 Å². The van der Waals surface area contributed by atoms with Crippen molar-refractivity contribution >= 4 is 16.0 Å². The first-order valence-electron chi connectivity index (χ1n) is 5.47. The largest absolute Gasteiger partial charge is 0.480 e. The Bertz CT molecular complexity index is 692. The normalized spacial score (nSPS) is 12.2. The second-order valence-corrected chi connectivity index (χ2v) is 6.56. The van der Waals surface area contributed by atoms with Crippen molar-refractivity contribution in [3.05, 3.63) is 29.6 Å². The number of likely N-dealkylation sites (N-methyl/N-ethyl adjacent to an activating group) is 1. The summed E-state index contributed by atoms with van der Waals surface area (Å²) in [5.74, 6) is -2.17. The average molecular weight is 300 g/mol. The van der Waals surface area contributed by atoms with Gasteiger partial charge in [-0.1, -0.05) is 0 Å². The number of hydrogen-bond acceptors (Lipinski definition) is 4. The third-order valence-electron chi connectivity index (χ3n) is 3.03. The van der Waals surface area contributed by atoms with Crippen molar-refractivity contribution < 1.29 is 22.7 Å². The molecule has 0 aromatic heterocycles. The number of nitriles is 1. The van der Waals surface area contributed by atoms with E-state index in [0.29, 0.717) is 4.31 Å². The molecule has 0 saturated heterocycles. The second-order valence-electron chi connectivity index (χ2n) is 4.59. The van der Waals surface area contributed by atoms with Gasteiger partial charge in [-0.25, -0.2) is 12.8 Å². The van der Waals surface area contributed by atoms with Crippen molar-refractivity contribution in [2.75, 3.05) is 7.05 Å². The molecule has 0 heterocycles. The highest BCUT2D eigenvalue weighted by molar-refractivity contribution is 7.89. The van der Waals surface area contributed by atoms with Crippen LogP contribution in [0.2, 0.25) is 0 Å². The summed E-state index contributed by atoms with van der Waals surface area (Å²) < 4.78 is 38.4. The van der Waals surface area contributed by atoms with Crippen LogP contribution in [0.5, 0.6) is 0 Å². The molecular weight excluding hydrogens is 287 g/mol. The summed E-state index contributed by atoms with van der Waals surface area (Å²) in [6.45, 7) is 2.45. The lowest BCUT2D eigenvalue weighted by Crippen LogP contribution is -2.50. The van der Waals surface area contributed by atoms with Crippen molar-refractivity contribution in [3.8, 4) is 6.07 Å². The zero-order chi connectivity index (χ0) is 15.7. The van der Waals surface area contributed by atoms with Crippen LogP contribution in [0.1, 0.15) is 19.4 Å². The molecule has 0 spiro atoms. The zero-order valence-corrected chi connectivity index (χ0v) is 11.9. The first kappa shape index (κ1) is 16.1. The number of rotatable bonds is 4. The number of halogens is 1. The van der Waals surface area contributed by atoms with Crippen LogP contribution in [0.3, 0.4) is 0 Å². The van der Waals surface area contributed by atoms with Gasteiger partial charge in [-0.2, -0.15) is 9.57 Å². The molecule has 1 rings (SSSR count). The summed E-state index contributed by atoms with van der Waals surface area (Å²) in [6.07, 6.45) is 0. The number of hydrogen-bond donors (Lipinski definition) is 1. The van der Waals surface area contributed by atoms with Crippen molar-refractivity contribution in [3.63, 3.8) is 0 Å². The van der Waals surface area contributed by atoms with Crippen LogP contribution in [0.25, 0.3) is 0 Å². The highest BCUT2D eigenvalue weighted by Crippen LogP contribution is 2.24. The van der Waals surface area contributed by atoms with Gasteiger partial charge < -0.3 is 5.11 Å². The summed E-state index contributed by atoms with van der Waals surface area (Å²) in [7, 11) is -3.05. The van der Waals surface area contributed by atoms with E-state index in [-0.39, 0.29) is 4.90 Å². The van der Waals surface area contributed by atoms with Gasteiger partial charge in [0.25, 0.3) is 0 Å². The molecule has 0 amide bonds. The van der Waals surface area contributed by atoms with Gasteiger partial charge in [0.1, 0.15) is 17.4 Å². The maximum absolute atomic E-state index is 13.2. The SMILES string of the molecule is CN(C(C)(C)C(=O)O)S(=O)(=O)c1ccc(F)c(C#N)c1. The van der Waals surface area contributed by atoms with Crippen molar-refractivity contribution in [1.82, 2.24) is 4.31 Å². The van der Waals surface area contributed by atoms with Gasteiger partial charge in [0.05, 0.1) is 10.5 Å². The van der Waals surface area contributed by atoms with E-state index in [1.807, 2.05) is 0 Å². The fourth-order valence-corrected chi connectivity index (χ4v) is 2.85. The van der Waals surface area contributed by atoms with Crippen LogP contribution in [-0.2, 0) is 14.8 Å². The molecule has 1 aromatic rings. The molecule has 0 aliphatic heterocycles. The van der Waals surface area contributed by atoms with Gasteiger partial charge in [-0.05, 0) is 32.0 Å². The fraction of sp³-hybridized carbons (Fsp3) is 0.333. The molecule has 6 nitrogen and oxygen atoms in total. The Morgan fingerprint density at radius 2 is 2.00 bits per heavy atom. The van der Waals surface area contributed by atoms with Crippen molar-refractivity contribution in [2.24, 2.45) is 0 Å². The third kappa shape index (κ3) is 2.64. The lowest BCUT2D eigenvalue weighted by Gasteiger charge is -2.30. The molecule has 20 heavy (non-hydrogen) atoms. The first-order chi connectivity index (χ1) is 9.05. The molecule has 8 heteroatoms. The van der Waals surface area contributed by atoms with Crippen molar-refractivity contribution in [2.45, 2.75) is 24.3 Å². The van der Waals surface area contributed by atoms with Crippen LogP contribution in [-0.4, -0.2) is 36.4 Å². The number of carboxylic acids is 1. The topological polar surface area (TPSA) is 98.5 Å². The molecule has 0 aliphatic carbocycles. The Morgan fingerprint density at radius 3 is 2.45 bits per heavy atom. The molecule has 108 valence electrons. The fourth-order valence-electron chi connectivity index (χ4n) is 1.34. The maximum Gasteiger partial charge on any atom is 0.324 e. The van der Waals surface area contributed by atoms with Gasteiger partial charge in [-0.3, -0.25) is 4.79 Å². The molecule has 0 bridgehead atoms. The second kappa shape index (κ2) is 5.19. The first-order valence-corrected chi connectivity index (χ1v) is 6.91. The highest BCUT2D eigenvalue weighted by Gasteiger charge is 2.40. The number of sulfonamides is 1. The van der Waals surface area contributed by atoms with Crippen LogP contribution in [0.15, 0.2) is 23.1 Å². The number of benzene rings is 1. The van der Waals surface area contributed by atoms with E-state index in [1.165, 1.54) is 19.9 Å². The molecule has 0 unspecified atom stereocenters. The summed E-state index contributed by atoms with van der Waals surface area (Å²) in [5.41, 5.74) is -2.10. The Hall–Kier alpha value is -1.98. The summed E-state index contributed by atoms with van der Waals surface area (Å²) in [4.78, 5) is 10.8. The Morgan fingerprint density at radius 1 is 1.45 bits per heavy atom. The van der Waals surface area contributed by atoms with E-state index < -0.39 is 32.9 Å². The number of carboxylic acid groups (broad SMARTS) is 1. The van der Waals surface area contributed by atoms with Crippen molar-refractivity contribution in [1.29, 1.82) is 5.26 Å². The minimum Gasteiger partial charge on any atom is -0.480 e. The standard InChI is InChI=1S/C12H13FN2O4S/c1-12(2,11(16)17)15(3)20(18,19)9-4-5-10(13)8(6-9)7-14/h4-6H,1-3H3,(H,16,17). The maximum atomic E-state index is 13.2. The van der Waals surface area contributed by atoms with E-state index in [2.05, 4.69) is 0 Å². The Balaban J connectivity index is 3.39. The van der Waals surface area contributed by atoms with Crippen LogP contribution >= 0.6 is 0 Å². The lowest BCUT2D eigenvalue weighted by atomic mass is 10.1. The molecule has 0 saturated carbocycles. The van der Waals surface area contributed by atoms with Crippen LogP contribution in [0, 0.1) is 17.1 Å². The summed E-state index contributed by atoms with van der Waals surface area (Å²) in [6, 6.07) is 4.25. The minimum absolute atomic E-state index is 0.340. The number of aliphatic carboxylic acids is 1. The van der Waals surface area contributed by atoms with E-state index >= 15 is 0 Å². The summed E-state index contributed by atoms with van der Waals surface area (Å²) in [5, 5.41) is 17.8. The van der Waals surface area contributed by atoms with E-state index in [1.54, 1.807) is 0 Å². The molecular formula is C12H13FN2O4S. The minimum atomic E-state index is -4.16. The molecule has 1 aromatic carbocycles. The predicted octanol–water partition coefficient (Wildman–Crippen LogP) is 1.18. The van der Waals surface area contributed by atoms with Gasteiger partial charge in [0.15, 0.2) is 0 Å². The van der Waals surface area contributed by atoms with Gasteiger partial charge in [0.2, 0.25) is 10.0 Å². The molecule has 0 radical (unpaired) electrons. The van der Waals surface area contributed by atoms with Crippen LogP contribution in [0.4, 0.5) is 4.39 Å². The van der Waals surface area contributed by atoms with Gasteiger partial charge >= 0.3 is 5.97 Å². The lowest BCUT2D eigenvalue weighted by molar-refractivity contribution is -0.145. The van der Waals surface area contributed by atoms with E-state index in [0.717, 1.165) is 25.2 Å². The van der Waals surface area contributed by atoms with E-state index in [9.17, 15) is 17.6 Å². The highest BCUT2D eigenvalue weighted by atomic mass is 32.2. The molecule has 0 fully saturated rings.